The molecule has 0 bridgehead atoms. The van der Waals surface area contributed by atoms with Crippen molar-refractivity contribution in [1.82, 2.24) is 9.97 Å². The fourth-order valence-electron chi connectivity index (χ4n) is 2.58. The largest absolute Gasteiger partial charge is 0.382 e. The Morgan fingerprint density at radius 2 is 1.69 bits per heavy atom. The molecule has 0 aliphatic heterocycles. The second kappa shape index (κ2) is 4.81. The van der Waals surface area contributed by atoms with Gasteiger partial charge in [0, 0.05) is 5.92 Å². The predicted octanol–water partition coefficient (Wildman–Crippen LogP) is 2.84. The summed E-state index contributed by atoms with van der Waals surface area (Å²) in [6.45, 7) is 4.22. The smallest absolute Gasteiger partial charge is 0.145 e. The molecule has 1 saturated carbocycles. The predicted molar refractivity (Wildman–Crippen MR) is 66.4 cm³/mol. The van der Waals surface area contributed by atoms with Crippen LogP contribution in [0.15, 0.2) is 0 Å². The molecule has 1 heterocycles. The summed E-state index contributed by atoms with van der Waals surface area (Å²) in [6.07, 6.45) is 7.03. The van der Waals surface area contributed by atoms with E-state index < -0.39 is 0 Å². The van der Waals surface area contributed by atoms with Crippen molar-refractivity contribution in [2.45, 2.75) is 58.3 Å². The quantitative estimate of drug-likeness (QED) is 0.850. The van der Waals surface area contributed by atoms with E-state index in [1.165, 1.54) is 31.4 Å². The lowest BCUT2D eigenvalue weighted by molar-refractivity contribution is 0.670. The molecule has 1 aromatic rings. The summed E-state index contributed by atoms with van der Waals surface area (Å²) in [5.74, 6) is 1.26. The van der Waals surface area contributed by atoms with Crippen molar-refractivity contribution >= 4 is 5.82 Å². The molecule has 1 aliphatic rings. The maximum Gasteiger partial charge on any atom is 0.145 e. The Morgan fingerprint density at radius 3 is 2.25 bits per heavy atom. The number of nitrogens with zero attached hydrogens (tertiary/aromatic N) is 2. The molecule has 3 heteroatoms. The lowest BCUT2D eigenvalue weighted by atomic mass is 10.00. The average Bonchev–Trinajstić information content (AvgIpc) is 2.82. The van der Waals surface area contributed by atoms with E-state index in [1.807, 2.05) is 0 Å². The normalized spacial score (nSPS) is 16.9. The zero-order valence-electron chi connectivity index (χ0n) is 10.3. The first-order valence-corrected chi connectivity index (χ1v) is 6.41. The van der Waals surface area contributed by atoms with Crippen molar-refractivity contribution in [3.8, 4) is 0 Å². The molecule has 1 fully saturated rings. The molecule has 1 aromatic heterocycles. The Balaban J connectivity index is 2.40. The molecule has 16 heavy (non-hydrogen) atoms. The minimum absolute atomic E-state index is 0.626. The van der Waals surface area contributed by atoms with Crippen LogP contribution >= 0.6 is 0 Å². The van der Waals surface area contributed by atoms with Gasteiger partial charge in [-0.3, -0.25) is 4.98 Å². The number of rotatable bonds is 3. The molecule has 0 unspecified atom stereocenters. The van der Waals surface area contributed by atoms with Crippen molar-refractivity contribution < 1.29 is 0 Å². The van der Waals surface area contributed by atoms with Crippen molar-refractivity contribution in [3.63, 3.8) is 0 Å². The lowest BCUT2D eigenvalue weighted by Crippen LogP contribution is -2.11. The zero-order chi connectivity index (χ0) is 11.5. The maximum absolute atomic E-state index is 5.90. The van der Waals surface area contributed by atoms with Crippen LogP contribution in [0, 0.1) is 0 Å². The maximum atomic E-state index is 5.90. The van der Waals surface area contributed by atoms with Gasteiger partial charge in [-0.25, -0.2) is 4.98 Å². The number of hydrogen-bond donors (Lipinski definition) is 1. The fraction of sp³-hybridized carbons (Fsp3) is 0.692. The highest BCUT2D eigenvalue weighted by atomic mass is 14.9. The van der Waals surface area contributed by atoms with Gasteiger partial charge in [0.15, 0.2) is 0 Å². The molecule has 0 amide bonds. The number of aromatic nitrogens is 2. The molecule has 0 spiro atoms. The van der Waals surface area contributed by atoms with E-state index in [0.717, 1.165) is 24.2 Å². The number of aryl methyl sites for hydroxylation is 2. The summed E-state index contributed by atoms with van der Waals surface area (Å²) in [5, 5.41) is 0. The molecule has 2 rings (SSSR count). The topological polar surface area (TPSA) is 51.8 Å². The lowest BCUT2D eigenvalue weighted by Gasteiger charge is -2.15. The summed E-state index contributed by atoms with van der Waals surface area (Å²) in [7, 11) is 0. The molecule has 88 valence electrons. The van der Waals surface area contributed by atoms with Gasteiger partial charge < -0.3 is 5.73 Å². The van der Waals surface area contributed by atoms with Crippen LogP contribution in [0.1, 0.15) is 62.5 Å². The summed E-state index contributed by atoms with van der Waals surface area (Å²) >= 11 is 0. The van der Waals surface area contributed by atoms with Gasteiger partial charge in [-0.2, -0.15) is 0 Å². The first kappa shape index (κ1) is 11.4. The van der Waals surface area contributed by atoms with E-state index in [9.17, 15) is 0 Å². The van der Waals surface area contributed by atoms with Crippen molar-refractivity contribution in [2.24, 2.45) is 0 Å². The van der Waals surface area contributed by atoms with E-state index >= 15 is 0 Å². The molecular formula is C13H21N3. The summed E-state index contributed by atoms with van der Waals surface area (Å²) < 4.78 is 0. The van der Waals surface area contributed by atoms with E-state index in [0.29, 0.717) is 11.7 Å². The summed E-state index contributed by atoms with van der Waals surface area (Å²) in [4.78, 5) is 9.28. The van der Waals surface area contributed by atoms with Crippen molar-refractivity contribution in [1.29, 1.82) is 0 Å². The summed E-state index contributed by atoms with van der Waals surface area (Å²) in [6, 6.07) is 0. The Bertz CT molecular complexity index is 368. The van der Waals surface area contributed by atoms with Gasteiger partial charge in [0.1, 0.15) is 5.82 Å². The molecule has 0 saturated heterocycles. The van der Waals surface area contributed by atoms with Gasteiger partial charge >= 0.3 is 0 Å². The van der Waals surface area contributed by atoms with Gasteiger partial charge in [-0.1, -0.05) is 26.7 Å². The van der Waals surface area contributed by atoms with Gasteiger partial charge in [-0.05, 0) is 25.7 Å². The van der Waals surface area contributed by atoms with E-state index in [-0.39, 0.29) is 0 Å². The third-order valence-electron chi connectivity index (χ3n) is 3.51. The minimum atomic E-state index is 0.626. The van der Waals surface area contributed by atoms with Gasteiger partial charge in [0.05, 0.1) is 17.1 Å². The molecule has 0 aromatic carbocycles. The Kier molecular flexibility index (Phi) is 3.42. The van der Waals surface area contributed by atoms with Gasteiger partial charge in [0.25, 0.3) is 0 Å². The van der Waals surface area contributed by atoms with Crippen LogP contribution in [0.3, 0.4) is 0 Å². The van der Waals surface area contributed by atoms with E-state index in [1.54, 1.807) is 0 Å². The van der Waals surface area contributed by atoms with Gasteiger partial charge in [-0.15, -0.1) is 0 Å². The molecular weight excluding hydrogens is 198 g/mol. The number of nitrogens with two attached hydrogens (primary N) is 1. The minimum Gasteiger partial charge on any atom is -0.382 e. The first-order valence-electron chi connectivity index (χ1n) is 6.41. The van der Waals surface area contributed by atoms with E-state index in [4.69, 9.17) is 10.7 Å². The van der Waals surface area contributed by atoms with Crippen LogP contribution < -0.4 is 5.73 Å². The van der Waals surface area contributed by atoms with Crippen LogP contribution in [-0.2, 0) is 12.8 Å². The third-order valence-corrected chi connectivity index (χ3v) is 3.51. The molecule has 1 aliphatic carbocycles. The van der Waals surface area contributed by atoms with Crippen LogP contribution in [-0.4, -0.2) is 9.97 Å². The molecule has 0 atom stereocenters. The summed E-state index contributed by atoms with van der Waals surface area (Å²) in [5.41, 5.74) is 9.21. The number of hydrogen-bond acceptors (Lipinski definition) is 3. The van der Waals surface area contributed by atoms with Crippen molar-refractivity contribution in [2.75, 3.05) is 5.73 Å². The number of nitrogen functional groups attached to an aromatic ring is 1. The zero-order valence-corrected chi connectivity index (χ0v) is 10.3. The monoisotopic (exact) mass is 219 g/mol. The Labute approximate surface area is 97.5 Å². The van der Waals surface area contributed by atoms with Crippen LogP contribution in [0.4, 0.5) is 5.82 Å². The average molecular weight is 219 g/mol. The van der Waals surface area contributed by atoms with Crippen LogP contribution in [0.5, 0.6) is 0 Å². The third kappa shape index (κ3) is 2.04. The van der Waals surface area contributed by atoms with Crippen molar-refractivity contribution in [3.05, 3.63) is 17.1 Å². The highest BCUT2D eigenvalue weighted by Crippen LogP contribution is 2.35. The fourth-order valence-corrected chi connectivity index (χ4v) is 2.58. The SMILES string of the molecule is CCc1nc(C2CCCC2)c(CC)nc1N. The highest BCUT2D eigenvalue weighted by molar-refractivity contribution is 5.38. The molecule has 2 N–H and O–H groups in total. The van der Waals surface area contributed by atoms with Crippen LogP contribution in [0.25, 0.3) is 0 Å². The Morgan fingerprint density at radius 1 is 1.06 bits per heavy atom. The first-order chi connectivity index (χ1) is 7.76. The highest BCUT2D eigenvalue weighted by Gasteiger charge is 2.22. The van der Waals surface area contributed by atoms with Crippen LogP contribution in [0.2, 0.25) is 0 Å². The molecule has 0 radical (unpaired) electrons. The second-order valence-electron chi connectivity index (χ2n) is 4.58. The number of anilines is 1. The second-order valence-corrected chi connectivity index (χ2v) is 4.58. The standard InChI is InChI=1S/C13H21N3/c1-3-10-12(9-7-5-6-8-9)15-11(4-2)13(14)16-10/h9H,3-8H2,1-2H3,(H2,14,16). The molecule has 3 nitrogen and oxygen atoms in total. The van der Waals surface area contributed by atoms with E-state index in [2.05, 4.69) is 18.8 Å². The Hall–Kier alpha value is -1.12. The van der Waals surface area contributed by atoms with Gasteiger partial charge in [0.2, 0.25) is 0 Å².